The fraction of sp³-hybridized carbons (Fsp3) is 0.231. The number of hydrogen-bond acceptors (Lipinski definition) is 3. The summed E-state index contributed by atoms with van der Waals surface area (Å²) in [7, 11) is 0. The van der Waals surface area contributed by atoms with Crippen LogP contribution >= 0.6 is 43.5 Å². The molecule has 0 bridgehead atoms. The standard InChI is InChI=1S/C13H12Br2ClN3/c1-2-3-12-18-11(15)7-13(19-12)17-10-6-8(16)4-5-9(10)14/h4-7H,2-3H2,1H3,(H,17,18,19). The van der Waals surface area contributed by atoms with Gasteiger partial charge in [-0.05, 0) is 56.5 Å². The summed E-state index contributed by atoms with van der Waals surface area (Å²) >= 11 is 12.9. The van der Waals surface area contributed by atoms with Gasteiger partial charge < -0.3 is 5.32 Å². The van der Waals surface area contributed by atoms with Crippen LogP contribution in [0.5, 0.6) is 0 Å². The molecule has 0 saturated heterocycles. The van der Waals surface area contributed by atoms with Crippen molar-refractivity contribution in [3.8, 4) is 0 Å². The molecule has 1 aromatic carbocycles. The Morgan fingerprint density at radius 3 is 2.74 bits per heavy atom. The van der Waals surface area contributed by atoms with Crippen molar-refractivity contribution in [3.63, 3.8) is 0 Å². The molecule has 0 fully saturated rings. The molecule has 1 N–H and O–H groups in total. The Kier molecular flexibility index (Phi) is 5.19. The van der Waals surface area contributed by atoms with Gasteiger partial charge in [0.15, 0.2) is 0 Å². The van der Waals surface area contributed by atoms with Crippen LogP contribution in [0.3, 0.4) is 0 Å². The summed E-state index contributed by atoms with van der Waals surface area (Å²) in [5, 5.41) is 3.91. The Morgan fingerprint density at radius 2 is 2.00 bits per heavy atom. The van der Waals surface area contributed by atoms with E-state index >= 15 is 0 Å². The monoisotopic (exact) mass is 403 g/mol. The van der Waals surface area contributed by atoms with Crippen molar-refractivity contribution in [1.82, 2.24) is 9.97 Å². The van der Waals surface area contributed by atoms with Crippen LogP contribution in [0.4, 0.5) is 11.5 Å². The van der Waals surface area contributed by atoms with Crippen molar-refractivity contribution >= 4 is 55.0 Å². The molecule has 1 aromatic heterocycles. The predicted octanol–water partition coefficient (Wildman–Crippen LogP) is 5.35. The van der Waals surface area contributed by atoms with E-state index in [2.05, 4.69) is 54.1 Å². The molecule has 0 atom stereocenters. The molecule has 0 aliphatic carbocycles. The fourth-order valence-corrected chi connectivity index (χ4v) is 2.53. The highest BCUT2D eigenvalue weighted by Gasteiger charge is 2.06. The summed E-state index contributed by atoms with van der Waals surface area (Å²) in [6.45, 7) is 2.10. The Bertz CT molecular complexity index is 590. The number of hydrogen-bond donors (Lipinski definition) is 1. The molecular formula is C13H12Br2ClN3. The minimum atomic E-state index is 0.674. The first kappa shape index (κ1) is 14.8. The number of aryl methyl sites for hydroxylation is 1. The molecule has 6 heteroatoms. The van der Waals surface area contributed by atoms with Gasteiger partial charge in [-0.3, -0.25) is 0 Å². The molecule has 19 heavy (non-hydrogen) atoms. The quantitative estimate of drug-likeness (QED) is 0.697. The van der Waals surface area contributed by atoms with Gasteiger partial charge in [-0.1, -0.05) is 18.5 Å². The van der Waals surface area contributed by atoms with Gasteiger partial charge >= 0.3 is 0 Å². The average molecular weight is 406 g/mol. The number of anilines is 2. The molecule has 0 unspecified atom stereocenters. The van der Waals surface area contributed by atoms with Gasteiger partial charge in [0.05, 0.1) is 5.69 Å². The molecule has 0 radical (unpaired) electrons. The average Bonchev–Trinajstić information content (AvgIpc) is 2.33. The Hall–Kier alpha value is -0.650. The van der Waals surface area contributed by atoms with Gasteiger partial charge in [-0.2, -0.15) is 0 Å². The number of halogens is 3. The van der Waals surface area contributed by atoms with Crippen LogP contribution in [0.15, 0.2) is 33.3 Å². The van der Waals surface area contributed by atoms with Crippen molar-refractivity contribution in [2.75, 3.05) is 5.32 Å². The highest BCUT2D eigenvalue weighted by atomic mass is 79.9. The first-order chi connectivity index (χ1) is 9.08. The third-order valence-corrected chi connectivity index (χ3v) is 3.74. The lowest BCUT2D eigenvalue weighted by Crippen LogP contribution is -2.01. The summed E-state index contributed by atoms with van der Waals surface area (Å²) in [6, 6.07) is 7.41. The van der Waals surface area contributed by atoms with Gasteiger partial charge in [0, 0.05) is 22.0 Å². The normalized spacial score (nSPS) is 10.5. The zero-order valence-electron chi connectivity index (χ0n) is 10.3. The van der Waals surface area contributed by atoms with Crippen LogP contribution in [-0.4, -0.2) is 9.97 Å². The first-order valence-corrected chi connectivity index (χ1v) is 7.80. The van der Waals surface area contributed by atoms with Crippen LogP contribution in [0, 0.1) is 0 Å². The molecule has 0 aliphatic heterocycles. The molecule has 2 aromatic rings. The molecule has 2 rings (SSSR count). The van der Waals surface area contributed by atoms with Crippen molar-refractivity contribution in [1.29, 1.82) is 0 Å². The smallest absolute Gasteiger partial charge is 0.135 e. The van der Waals surface area contributed by atoms with Gasteiger partial charge in [-0.25, -0.2) is 9.97 Å². The van der Waals surface area contributed by atoms with Crippen molar-refractivity contribution in [2.45, 2.75) is 19.8 Å². The lowest BCUT2D eigenvalue weighted by atomic mass is 10.3. The zero-order valence-corrected chi connectivity index (χ0v) is 14.2. The molecule has 0 spiro atoms. The van der Waals surface area contributed by atoms with Crippen LogP contribution in [0.25, 0.3) is 0 Å². The van der Waals surface area contributed by atoms with E-state index in [4.69, 9.17) is 11.6 Å². The molecule has 0 amide bonds. The van der Waals surface area contributed by atoms with Crippen LogP contribution in [-0.2, 0) is 6.42 Å². The van der Waals surface area contributed by atoms with Gasteiger partial charge in [-0.15, -0.1) is 0 Å². The third-order valence-electron chi connectivity index (χ3n) is 2.41. The predicted molar refractivity (Wildman–Crippen MR) is 86.2 cm³/mol. The second kappa shape index (κ2) is 6.68. The number of benzene rings is 1. The summed E-state index contributed by atoms with van der Waals surface area (Å²) < 4.78 is 1.70. The number of rotatable bonds is 4. The van der Waals surface area contributed by atoms with Crippen molar-refractivity contribution < 1.29 is 0 Å². The van der Waals surface area contributed by atoms with Crippen LogP contribution in [0.1, 0.15) is 19.2 Å². The maximum Gasteiger partial charge on any atom is 0.135 e. The van der Waals surface area contributed by atoms with E-state index < -0.39 is 0 Å². The van der Waals surface area contributed by atoms with Crippen molar-refractivity contribution in [2.24, 2.45) is 0 Å². The summed E-state index contributed by atoms with van der Waals surface area (Å²) in [4.78, 5) is 8.81. The van der Waals surface area contributed by atoms with E-state index in [-0.39, 0.29) is 0 Å². The Labute approximate surface area is 134 Å². The van der Waals surface area contributed by atoms with Crippen LogP contribution < -0.4 is 5.32 Å². The number of aromatic nitrogens is 2. The minimum Gasteiger partial charge on any atom is -0.339 e. The van der Waals surface area contributed by atoms with Gasteiger partial charge in [0.2, 0.25) is 0 Å². The van der Waals surface area contributed by atoms with Gasteiger partial charge in [0.1, 0.15) is 16.2 Å². The fourth-order valence-electron chi connectivity index (χ4n) is 1.60. The maximum atomic E-state index is 5.99. The van der Waals surface area contributed by atoms with Crippen molar-refractivity contribution in [3.05, 3.63) is 44.2 Å². The lowest BCUT2D eigenvalue weighted by Gasteiger charge is -2.09. The summed E-state index contributed by atoms with van der Waals surface area (Å²) in [5.41, 5.74) is 0.876. The summed E-state index contributed by atoms with van der Waals surface area (Å²) in [6.07, 6.45) is 1.86. The van der Waals surface area contributed by atoms with E-state index in [0.29, 0.717) is 5.02 Å². The van der Waals surface area contributed by atoms with E-state index in [1.54, 1.807) is 0 Å². The zero-order chi connectivity index (χ0) is 13.8. The highest BCUT2D eigenvalue weighted by molar-refractivity contribution is 9.10. The molecule has 0 saturated carbocycles. The Balaban J connectivity index is 2.29. The molecule has 1 heterocycles. The van der Waals surface area contributed by atoms with E-state index in [1.165, 1.54) is 0 Å². The highest BCUT2D eigenvalue weighted by Crippen LogP contribution is 2.28. The lowest BCUT2D eigenvalue weighted by molar-refractivity contribution is 0.831. The third kappa shape index (κ3) is 4.16. The second-order valence-corrected chi connectivity index (χ2v) is 6.09. The molecule has 0 aliphatic rings. The Morgan fingerprint density at radius 1 is 1.21 bits per heavy atom. The molecule has 100 valence electrons. The molecular weight excluding hydrogens is 393 g/mol. The SMILES string of the molecule is CCCc1nc(Br)cc(Nc2cc(Cl)ccc2Br)n1. The van der Waals surface area contributed by atoms with E-state index in [1.807, 2.05) is 24.3 Å². The van der Waals surface area contributed by atoms with E-state index in [0.717, 1.165) is 39.2 Å². The first-order valence-electron chi connectivity index (χ1n) is 5.84. The minimum absolute atomic E-state index is 0.674. The molecule has 3 nitrogen and oxygen atoms in total. The topological polar surface area (TPSA) is 37.8 Å². The maximum absolute atomic E-state index is 5.99. The summed E-state index contributed by atoms with van der Waals surface area (Å²) in [5.74, 6) is 1.56. The second-order valence-electron chi connectivity index (χ2n) is 3.99. The number of nitrogens with one attached hydrogen (secondary N) is 1. The van der Waals surface area contributed by atoms with E-state index in [9.17, 15) is 0 Å². The van der Waals surface area contributed by atoms with Crippen LogP contribution in [0.2, 0.25) is 5.02 Å². The van der Waals surface area contributed by atoms with Gasteiger partial charge in [0.25, 0.3) is 0 Å². The number of nitrogens with zero attached hydrogens (tertiary/aromatic N) is 2. The largest absolute Gasteiger partial charge is 0.339 e.